The van der Waals surface area contributed by atoms with Gasteiger partial charge in [0.15, 0.2) is 0 Å². The summed E-state index contributed by atoms with van der Waals surface area (Å²) in [6.07, 6.45) is 0. The van der Waals surface area contributed by atoms with Crippen LogP contribution < -0.4 is 0 Å². The first-order chi connectivity index (χ1) is 20.1. The Bertz CT molecular complexity index is 2320. The summed E-state index contributed by atoms with van der Waals surface area (Å²) in [4.78, 5) is 0. The summed E-state index contributed by atoms with van der Waals surface area (Å²) in [6.45, 7) is 4.74. The van der Waals surface area contributed by atoms with Crippen molar-refractivity contribution >= 4 is 43.1 Å². The van der Waals surface area contributed by atoms with E-state index in [1.54, 1.807) is 0 Å². The molecule has 0 radical (unpaired) electrons. The van der Waals surface area contributed by atoms with Crippen molar-refractivity contribution in [1.82, 2.24) is 0 Å². The molecule has 0 bridgehead atoms. The maximum Gasteiger partial charge on any atom is 0.0159 e. The molecule has 0 heteroatoms. The summed E-state index contributed by atoms with van der Waals surface area (Å²) >= 11 is 0. The second kappa shape index (κ2) is 8.05. The van der Waals surface area contributed by atoms with Crippen LogP contribution in [-0.4, -0.2) is 0 Å². The van der Waals surface area contributed by atoms with Crippen LogP contribution in [-0.2, 0) is 5.41 Å². The summed E-state index contributed by atoms with van der Waals surface area (Å²) in [5, 5.41) is 10.7. The Kier molecular flexibility index (Phi) is 4.49. The maximum atomic E-state index is 2.39. The first-order valence-electron chi connectivity index (χ1n) is 14.5. The van der Waals surface area contributed by atoms with E-state index in [1.807, 2.05) is 0 Å². The molecule has 0 unspecified atom stereocenters. The molecule has 0 saturated heterocycles. The van der Waals surface area contributed by atoms with E-state index in [1.165, 1.54) is 87.6 Å². The molecule has 0 aliphatic heterocycles. The van der Waals surface area contributed by atoms with Crippen molar-refractivity contribution in [2.75, 3.05) is 0 Å². The van der Waals surface area contributed by atoms with Crippen LogP contribution in [0.1, 0.15) is 25.0 Å². The quantitative estimate of drug-likeness (QED) is 0.199. The van der Waals surface area contributed by atoms with Crippen molar-refractivity contribution in [3.63, 3.8) is 0 Å². The molecule has 8 aromatic carbocycles. The summed E-state index contributed by atoms with van der Waals surface area (Å²) < 4.78 is 0. The molecule has 192 valence electrons. The second-order valence-corrected chi connectivity index (χ2v) is 12.1. The van der Waals surface area contributed by atoms with Crippen LogP contribution in [0, 0.1) is 0 Å². The molecule has 9 rings (SSSR count). The number of fused-ring (bicyclic) bond motifs is 2. The largest absolute Gasteiger partial charge is 0.0622 e. The molecule has 0 N–H and O–H groups in total. The van der Waals surface area contributed by atoms with Gasteiger partial charge in [-0.15, -0.1) is 0 Å². The lowest BCUT2D eigenvalue weighted by Gasteiger charge is -2.35. The topological polar surface area (TPSA) is 0 Å². The second-order valence-electron chi connectivity index (χ2n) is 12.1. The number of hydrogen-bond acceptors (Lipinski definition) is 0. The Morgan fingerprint density at radius 3 is 1.66 bits per heavy atom. The Hall–Kier alpha value is -4.94. The van der Waals surface area contributed by atoms with Crippen molar-refractivity contribution in [2.24, 2.45) is 0 Å². The van der Waals surface area contributed by atoms with Crippen molar-refractivity contribution in [2.45, 2.75) is 19.3 Å². The van der Waals surface area contributed by atoms with Gasteiger partial charge in [0.25, 0.3) is 0 Å². The minimum Gasteiger partial charge on any atom is -0.0622 e. The van der Waals surface area contributed by atoms with Crippen molar-refractivity contribution < 1.29 is 0 Å². The third-order valence-electron chi connectivity index (χ3n) is 9.64. The highest BCUT2D eigenvalue weighted by molar-refractivity contribution is 6.28. The molecule has 0 nitrogen and oxygen atoms in total. The molecule has 0 amide bonds. The summed E-state index contributed by atoms with van der Waals surface area (Å²) in [6, 6.07) is 49.9. The van der Waals surface area contributed by atoms with Gasteiger partial charge in [0, 0.05) is 5.41 Å². The van der Waals surface area contributed by atoms with E-state index < -0.39 is 0 Å². The fourth-order valence-corrected chi connectivity index (χ4v) is 7.70. The van der Waals surface area contributed by atoms with E-state index in [9.17, 15) is 0 Å². The summed E-state index contributed by atoms with van der Waals surface area (Å²) in [5.74, 6) is 0. The number of hydrogen-bond donors (Lipinski definition) is 0. The van der Waals surface area contributed by atoms with Crippen LogP contribution >= 0.6 is 0 Å². The van der Waals surface area contributed by atoms with Gasteiger partial charge in [0.05, 0.1) is 0 Å². The molecule has 0 saturated carbocycles. The highest BCUT2D eigenvalue weighted by Crippen LogP contribution is 2.51. The maximum absolute atomic E-state index is 2.39. The molecule has 1 aliphatic rings. The van der Waals surface area contributed by atoms with E-state index in [2.05, 4.69) is 147 Å². The highest BCUT2D eigenvalue weighted by Gasteiger charge is 2.33. The first-order valence-corrected chi connectivity index (χ1v) is 14.5. The minimum atomic E-state index is -0.0573. The third kappa shape index (κ3) is 3.00. The number of rotatable bonds is 2. The van der Waals surface area contributed by atoms with Gasteiger partial charge in [0.1, 0.15) is 0 Å². The van der Waals surface area contributed by atoms with Crippen LogP contribution in [0.4, 0.5) is 0 Å². The predicted octanol–water partition coefficient (Wildman–Crippen LogP) is 11.4. The van der Waals surface area contributed by atoms with E-state index in [0.717, 1.165) is 0 Å². The van der Waals surface area contributed by atoms with E-state index in [0.29, 0.717) is 0 Å². The predicted molar refractivity (Wildman–Crippen MR) is 176 cm³/mol. The third-order valence-corrected chi connectivity index (χ3v) is 9.64. The SMILES string of the molecule is CC1(C)c2ccccc2-c2cccc3c(-c4ccc5ccc6c(-c7ccccc7)ccc7ccc4c5c76)ccc1c23. The van der Waals surface area contributed by atoms with Crippen molar-refractivity contribution in [1.29, 1.82) is 0 Å². The van der Waals surface area contributed by atoms with Crippen LogP contribution in [0.2, 0.25) is 0 Å². The monoisotopic (exact) mass is 520 g/mol. The molecular formula is C41H28. The zero-order valence-electron chi connectivity index (χ0n) is 23.2. The van der Waals surface area contributed by atoms with Gasteiger partial charge in [0.2, 0.25) is 0 Å². The lowest BCUT2D eigenvalue weighted by atomic mass is 9.68. The summed E-state index contributed by atoms with van der Waals surface area (Å²) in [5.41, 5.74) is 10.6. The van der Waals surface area contributed by atoms with E-state index in [4.69, 9.17) is 0 Å². The van der Waals surface area contributed by atoms with Gasteiger partial charge >= 0.3 is 0 Å². The summed E-state index contributed by atoms with van der Waals surface area (Å²) in [7, 11) is 0. The molecule has 41 heavy (non-hydrogen) atoms. The van der Waals surface area contributed by atoms with Crippen LogP contribution in [0.25, 0.3) is 76.5 Å². The van der Waals surface area contributed by atoms with Gasteiger partial charge in [-0.2, -0.15) is 0 Å². The van der Waals surface area contributed by atoms with Gasteiger partial charge in [-0.1, -0.05) is 147 Å². The zero-order chi connectivity index (χ0) is 27.3. The molecule has 0 spiro atoms. The molecule has 1 aliphatic carbocycles. The normalized spacial score (nSPS) is 13.8. The molecule has 0 aromatic heterocycles. The van der Waals surface area contributed by atoms with E-state index in [-0.39, 0.29) is 5.41 Å². The van der Waals surface area contributed by atoms with Gasteiger partial charge in [-0.3, -0.25) is 0 Å². The average Bonchev–Trinajstić information content (AvgIpc) is 3.02. The highest BCUT2D eigenvalue weighted by atomic mass is 14.4. The molecular weight excluding hydrogens is 492 g/mol. The van der Waals surface area contributed by atoms with Gasteiger partial charge in [-0.25, -0.2) is 0 Å². The average molecular weight is 521 g/mol. The minimum absolute atomic E-state index is 0.0573. The molecule has 0 heterocycles. The van der Waals surface area contributed by atoms with Crippen LogP contribution in [0.5, 0.6) is 0 Å². The molecule has 0 atom stereocenters. The first kappa shape index (κ1) is 22.8. The Morgan fingerprint density at radius 1 is 0.341 bits per heavy atom. The van der Waals surface area contributed by atoms with E-state index >= 15 is 0 Å². The Morgan fingerprint density at radius 2 is 0.902 bits per heavy atom. The fourth-order valence-electron chi connectivity index (χ4n) is 7.70. The van der Waals surface area contributed by atoms with Gasteiger partial charge in [-0.05, 0) is 87.6 Å². The standard InChI is InChI=1S/C41H28/c1-41(2)36-14-7-6-11-31(36)33-13-8-12-32-30(23-24-37(41)40(32)33)29-20-16-27-17-21-34-28(25-9-4-3-5-10-25)19-15-26-18-22-35(29)39(27)38(26)34/h3-24H,1-2H3. The van der Waals surface area contributed by atoms with Crippen molar-refractivity contribution in [3.8, 4) is 33.4 Å². The Labute approximate surface area is 239 Å². The number of benzene rings is 8. The van der Waals surface area contributed by atoms with Crippen LogP contribution in [0.3, 0.4) is 0 Å². The molecule has 0 fully saturated rings. The van der Waals surface area contributed by atoms with Crippen molar-refractivity contribution in [3.05, 3.63) is 145 Å². The lowest BCUT2D eigenvalue weighted by Crippen LogP contribution is -2.23. The Balaban J connectivity index is 1.37. The molecule has 8 aromatic rings. The smallest absolute Gasteiger partial charge is 0.0159 e. The lowest BCUT2D eigenvalue weighted by molar-refractivity contribution is 0.645. The van der Waals surface area contributed by atoms with Crippen LogP contribution in [0.15, 0.2) is 133 Å². The zero-order valence-corrected chi connectivity index (χ0v) is 23.2. The fraction of sp³-hybridized carbons (Fsp3) is 0.0732. The van der Waals surface area contributed by atoms with Gasteiger partial charge < -0.3 is 0 Å².